The lowest BCUT2D eigenvalue weighted by Crippen LogP contribution is -2.67. The third kappa shape index (κ3) is 6.06. The van der Waals surface area contributed by atoms with Gasteiger partial charge in [0, 0.05) is 0 Å². The van der Waals surface area contributed by atoms with E-state index in [-0.39, 0.29) is 0 Å². The molecular weight excluding hydrogens is 599 g/mol. The molecule has 35 heavy (non-hydrogen) atoms. The number of hydrogen-bond acceptors (Lipinski definition) is 16. The van der Waals surface area contributed by atoms with Crippen LogP contribution in [0.4, 0.5) is 0 Å². The van der Waals surface area contributed by atoms with Crippen molar-refractivity contribution in [3.8, 4) is 0 Å². The predicted molar refractivity (Wildman–Crippen MR) is 114 cm³/mol. The van der Waals surface area contributed by atoms with Crippen LogP contribution in [-0.2, 0) is 26.8 Å². The van der Waals surface area contributed by atoms with E-state index >= 15 is 0 Å². The fourth-order valence-electron chi connectivity index (χ4n) is 4.08. The van der Waals surface area contributed by atoms with Crippen molar-refractivity contribution in [3.63, 3.8) is 0 Å². The number of aliphatic hydroxyl groups is 10. The highest BCUT2D eigenvalue weighted by molar-refractivity contribution is 14.1. The normalized spacial score (nSPS) is 51.3. The number of halogens is 1. The van der Waals surface area contributed by atoms with Gasteiger partial charge >= 0.3 is 0 Å². The average Bonchev–Trinajstić information content (AvgIpc) is 2.86. The molecule has 0 aromatic rings. The molecule has 0 aliphatic carbocycles. The van der Waals surface area contributed by atoms with Crippen LogP contribution in [0, 0.1) is 0 Å². The molecule has 206 valence electrons. The maximum atomic E-state index is 10.8. The Bertz CT molecular complexity index is 658. The van der Waals surface area contributed by atoms with E-state index < -0.39 is 112 Å². The van der Waals surface area contributed by atoms with E-state index in [1.807, 2.05) is 0 Å². The monoisotopic (exact) mass is 630 g/mol. The van der Waals surface area contributed by atoms with Gasteiger partial charge in [0.25, 0.3) is 0 Å². The Morgan fingerprint density at radius 1 is 0.486 bits per heavy atom. The topological polar surface area (TPSA) is 258 Å². The van der Waals surface area contributed by atoms with E-state index in [1.165, 1.54) is 23.0 Å². The summed E-state index contributed by atoms with van der Waals surface area (Å²) < 4.78 is 32.6. The summed E-state index contributed by atoms with van der Waals surface area (Å²) in [5, 5.41) is 99.9. The number of rotatable bonds is 8. The molecule has 10 N–H and O–H groups in total. The molecule has 15 unspecified atom stereocenters. The van der Waals surface area contributed by atoms with Crippen molar-refractivity contribution in [1.29, 1.82) is 0 Å². The van der Waals surface area contributed by atoms with Crippen molar-refractivity contribution < 1.29 is 77.8 Å². The van der Waals surface area contributed by atoms with Crippen LogP contribution in [0.2, 0.25) is 0 Å². The van der Waals surface area contributed by atoms with Crippen LogP contribution in [0.3, 0.4) is 0 Å². The van der Waals surface area contributed by atoms with Crippen LogP contribution in [0.5, 0.6) is 0 Å². The molecule has 3 aliphatic rings. The van der Waals surface area contributed by atoms with Crippen LogP contribution >= 0.6 is 23.0 Å². The van der Waals surface area contributed by atoms with E-state index in [2.05, 4.69) is 0 Å². The molecule has 17 heteroatoms. The molecule has 0 spiro atoms. The lowest BCUT2D eigenvalue weighted by atomic mass is 9.96. The van der Waals surface area contributed by atoms with E-state index in [0.717, 1.165) is 0 Å². The first-order valence-electron chi connectivity index (χ1n) is 10.7. The molecule has 3 rings (SSSR count). The van der Waals surface area contributed by atoms with Crippen LogP contribution in [0.25, 0.3) is 0 Å². The zero-order chi connectivity index (χ0) is 26.0. The van der Waals surface area contributed by atoms with Gasteiger partial charge in [-0.3, -0.25) is 3.07 Å². The highest BCUT2D eigenvalue weighted by Gasteiger charge is 2.54. The lowest BCUT2D eigenvalue weighted by Gasteiger charge is -2.48. The van der Waals surface area contributed by atoms with E-state index in [1.54, 1.807) is 0 Å². The zero-order valence-electron chi connectivity index (χ0n) is 18.1. The van der Waals surface area contributed by atoms with Crippen molar-refractivity contribution in [2.45, 2.75) is 92.1 Å². The highest BCUT2D eigenvalue weighted by Crippen LogP contribution is 2.34. The highest BCUT2D eigenvalue weighted by atomic mass is 127. The fourth-order valence-corrected chi connectivity index (χ4v) is 4.49. The van der Waals surface area contributed by atoms with Crippen LogP contribution in [0.15, 0.2) is 0 Å². The minimum atomic E-state index is -1.85. The summed E-state index contributed by atoms with van der Waals surface area (Å²) in [5.74, 6) is 0. The molecule has 15 atom stereocenters. The molecule has 3 heterocycles. The SMILES string of the molecule is OCC1OC(OC2C(OI)OC(CO)C(O)C2OC2OC(CO)C(O)C(O)C2O)C(O)C(O)C1O. The molecule has 3 fully saturated rings. The second-order valence-corrected chi connectivity index (χ2v) is 8.91. The molecule has 0 bridgehead atoms. The third-order valence-corrected chi connectivity index (χ3v) is 6.67. The molecule has 3 aliphatic heterocycles. The number of aliphatic hydroxyl groups excluding tert-OH is 10. The Morgan fingerprint density at radius 2 is 0.857 bits per heavy atom. The first-order chi connectivity index (χ1) is 16.6. The van der Waals surface area contributed by atoms with E-state index in [4.69, 9.17) is 26.8 Å². The lowest BCUT2D eigenvalue weighted by molar-refractivity contribution is -0.382. The van der Waals surface area contributed by atoms with Gasteiger partial charge in [0.2, 0.25) is 0 Å². The van der Waals surface area contributed by atoms with Crippen LogP contribution < -0.4 is 0 Å². The van der Waals surface area contributed by atoms with Gasteiger partial charge in [-0.15, -0.1) is 0 Å². The standard InChI is InChI=1S/C18H31IO16/c19-35-18-15(34-17-13(29)11(27)8(24)5(2-21)31-17)14(9(25)6(3-22)32-18)33-16-12(28)10(26)7(23)4(1-20)30-16/h4-18,20-29H,1-3H2. The van der Waals surface area contributed by atoms with Crippen molar-refractivity contribution in [1.82, 2.24) is 0 Å². The third-order valence-electron chi connectivity index (χ3n) is 6.17. The Labute approximate surface area is 212 Å². The summed E-state index contributed by atoms with van der Waals surface area (Å²) in [6, 6.07) is 0. The fraction of sp³-hybridized carbons (Fsp3) is 1.00. The van der Waals surface area contributed by atoms with Crippen molar-refractivity contribution >= 4 is 23.0 Å². The minimum Gasteiger partial charge on any atom is -0.394 e. The second-order valence-electron chi connectivity index (χ2n) is 8.40. The molecule has 0 saturated carbocycles. The second kappa shape index (κ2) is 12.8. The van der Waals surface area contributed by atoms with Gasteiger partial charge in [-0.2, -0.15) is 0 Å². The average molecular weight is 630 g/mol. The Morgan fingerprint density at radius 3 is 1.26 bits per heavy atom. The van der Waals surface area contributed by atoms with Gasteiger partial charge in [0.05, 0.1) is 19.8 Å². The minimum absolute atomic E-state index is 0.709. The van der Waals surface area contributed by atoms with Crippen molar-refractivity contribution in [3.05, 3.63) is 0 Å². The van der Waals surface area contributed by atoms with E-state index in [9.17, 15) is 51.1 Å². The molecule has 0 aromatic carbocycles. The maximum absolute atomic E-state index is 10.8. The number of ether oxygens (including phenoxy) is 5. The van der Waals surface area contributed by atoms with Gasteiger partial charge < -0.3 is 74.7 Å². The van der Waals surface area contributed by atoms with Crippen LogP contribution in [0.1, 0.15) is 0 Å². The molecular formula is C18H31IO16. The molecule has 0 aromatic heterocycles. The molecule has 3 saturated heterocycles. The van der Waals surface area contributed by atoms with Crippen molar-refractivity contribution in [2.24, 2.45) is 0 Å². The summed E-state index contributed by atoms with van der Waals surface area (Å²) in [7, 11) is 0. The van der Waals surface area contributed by atoms with Gasteiger partial charge in [-0.1, -0.05) is 0 Å². The van der Waals surface area contributed by atoms with Crippen LogP contribution in [-0.4, -0.2) is 163 Å². The predicted octanol–water partition coefficient (Wildman–Crippen LogP) is -6.20. The largest absolute Gasteiger partial charge is 0.394 e. The smallest absolute Gasteiger partial charge is 0.198 e. The first kappa shape index (κ1) is 29.6. The summed E-state index contributed by atoms with van der Waals surface area (Å²) in [4.78, 5) is 0. The number of hydrogen-bond donors (Lipinski definition) is 10. The van der Waals surface area contributed by atoms with Gasteiger partial charge in [0.1, 0.15) is 96.3 Å². The van der Waals surface area contributed by atoms with E-state index in [0.29, 0.717) is 0 Å². The van der Waals surface area contributed by atoms with Crippen molar-refractivity contribution in [2.75, 3.05) is 19.8 Å². The Hall–Kier alpha value is 0.0900. The summed E-state index contributed by atoms with van der Waals surface area (Å²) in [6.45, 7) is -2.19. The summed E-state index contributed by atoms with van der Waals surface area (Å²) in [5.41, 5.74) is 0. The summed E-state index contributed by atoms with van der Waals surface area (Å²) >= 11 is 1.43. The zero-order valence-corrected chi connectivity index (χ0v) is 20.2. The molecule has 0 radical (unpaired) electrons. The van der Waals surface area contributed by atoms with Gasteiger partial charge in [-0.05, 0) is 0 Å². The first-order valence-corrected chi connectivity index (χ1v) is 11.6. The summed E-state index contributed by atoms with van der Waals surface area (Å²) in [6.07, 6.45) is -24.1. The maximum Gasteiger partial charge on any atom is 0.198 e. The molecule has 16 nitrogen and oxygen atoms in total. The Kier molecular flexibility index (Phi) is 10.8. The molecule has 0 amide bonds. The van der Waals surface area contributed by atoms with Gasteiger partial charge in [0.15, 0.2) is 18.9 Å². The quantitative estimate of drug-likeness (QED) is 0.112. The Balaban J connectivity index is 1.86. The van der Waals surface area contributed by atoms with Gasteiger partial charge in [-0.25, -0.2) is 0 Å².